The molecule has 0 aliphatic carbocycles. The Bertz CT molecular complexity index is 696. The molecule has 0 bridgehead atoms. The van der Waals surface area contributed by atoms with E-state index in [1.165, 1.54) is 11.8 Å². The minimum Gasteiger partial charge on any atom is -0.668 e. The predicted molar refractivity (Wildman–Crippen MR) is 135 cm³/mol. The fourth-order valence-corrected chi connectivity index (χ4v) is 3.50. The summed E-state index contributed by atoms with van der Waals surface area (Å²) in [7, 11) is 2.07. The number of rotatable bonds is 14. The zero-order chi connectivity index (χ0) is 24.4. The maximum atomic E-state index is 12.1. The van der Waals surface area contributed by atoms with Crippen molar-refractivity contribution in [2.75, 3.05) is 26.7 Å². The van der Waals surface area contributed by atoms with Crippen LogP contribution in [0.5, 0.6) is 5.75 Å². The summed E-state index contributed by atoms with van der Waals surface area (Å²) in [6, 6.07) is 7.53. The predicted octanol–water partition coefficient (Wildman–Crippen LogP) is 2.16. The number of benzene rings is 1. The smallest absolute Gasteiger partial charge is 0.668 e. The van der Waals surface area contributed by atoms with E-state index in [1.807, 2.05) is 32.9 Å². The van der Waals surface area contributed by atoms with Crippen LogP contribution in [0.3, 0.4) is 0 Å². The first-order chi connectivity index (χ1) is 14.8. The molecule has 0 aliphatic heterocycles. The molecule has 0 aromatic heterocycles. The number of hydrogen-bond acceptors (Lipinski definition) is 5. The van der Waals surface area contributed by atoms with E-state index in [-0.39, 0.29) is 68.7 Å². The maximum absolute atomic E-state index is 12.1. The average molecular weight is 485 g/mol. The number of carbonyl (C=O) groups excluding carboxylic acids is 1. The van der Waals surface area contributed by atoms with Gasteiger partial charge in [-0.1, -0.05) is 51.8 Å². The second-order valence-corrected chi connectivity index (χ2v) is 10.8. The number of ether oxygens (including phenoxy) is 1. The SMILES string of the molecule is CN(CCCCC([NH-])C(=O)C(C)(C)C)CCOc1ccc(CC(C=N)NC(C)(C)C)cc1.[K+]. The third kappa shape index (κ3) is 14.8. The summed E-state index contributed by atoms with van der Waals surface area (Å²) in [6.07, 6.45) is 4.76. The molecule has 3 N–H and O–H groups in total. The van der Waals surface area contributed by atoms with Crippen LogP contribution in [0.15, 0.2) is 24.3 Å². The zero-order valence-corrected chi connectivity index (χ0v) is 25.4. The van der Waals surface area contributed by atoms with Crippen LogP contribution in [0.2, 0.25) is 0 Å². The fraction of sp³-hybridized carbons (Fsp3) is 0.692. The first-order valence-corrected chi connectivity index (χ1v) is 11.8. The number of nitrogens with one attached hydrogen (secondary N) is 3. The molecule has 0 heterocycles. The van der Waals surface area contributed by atoms with E-state index in [2.05, 4.69) is 50.2 Å². The van der Waals surface area contributed by atoms with Crippen LogP contribution >= 0.6 is 0 Å². The summed E-state index contributed by atoms with van der Waals surface area (Å²) in [4.78, 5) is 14.3. The minimum absolute atomic E-state index is 0. The maximum Gasteiger partial charge on any atom is 1.00 e. The van der Waals surface area contributed by atoms with Gasteiger partial charge in [-0.15, -0.1) is 0 Å². The van der Waals surface area contributed by atoms with E-state index in [1.54, 1.807) is 0 Å². The van der Waals surface area contributed by atoms with E-state index >= 15 is 0 Å². The van der Waals surface area contributed by atoms with Crippen LogP contribution < -0.4 is 61.4 Å². The summed E-state index contributed by atoms with van der Waals surface area (Å²) >= 11 is 0. The number of carbonyl (C=O) groups is 1. The van der Waals surface area contributed by atoms with Crippen molar-refractivity contribution in [1.29, 1.82) is 5.41 Å². The first kappa shape index (κ1) is 32.9. The molecule has 0 aliphatic rings. The van der Waals surface area contributed by atoms with Gasteiger partial charge in [-0.05, 0) is 64.9 Å². The van der Waals surface area contributed by atoms with Crippen molar-refractivity contribution in [2.24, 2.45) is 5.41 Å². The summed E-state index contributed by atoms with van der Waals surface area (Å²) in [6.45, 7) is 14.4. The van der Waals surface area contributed by atoms with Gasteiger partial charge in [-0.2, -0.15) is 0 Å². The van der Waals surface area contributed by atoms with Gasteiger partial charge in [-0.25, -0.2) is 0 Å². The topological polar surface area (TPSA) is 89.2 Å². The number of hydrogen-bond donors (Lipinski definition) is 2. The molecule has 0 spiro atoms. The molecule has 33 heavy (non-hydrogen) atoms. The van der Waals surface area contributed by atoms with Gasteiger partial charge in [0.2, 0.25) is 0 Å². The summed E-state index contributed by atoms with van der Waals surface area (Å²) in [5.41, 5.74) is 8.76. The summed E-state index contributed by atoms with van der Waals surface area (Å²) < 4.78 is 5.88. The molecule has 0 amide bonds. The van der Waals surface area contributed by atoms with E-state index in [9.17, 15) is 4.79 Å². The first-order valence-electron chi connectivity index (χ1n) is 11.8. The minimum atomic E-state index is -0.606. The third-order valence-corrected chi connectivity index (χ3v) is 5.28. The largest absolute Gasteiger partial charge is 1.00 e. The van der Waals surface area contributed by atoms with Gasteiger partial charge >= 0.3 is 51.4 Å². The Balaban J connectivity index is 0.0000102. The van der Waals surface area contributed by atoms with Crippen molar-refractivity contribution < 1.29 is 60.9 Å². The molecular weight excluding hydrogens is 439 g/mol. The molecule has 182 valence electrons. The molecule has 1 aromatic rings. The van der Waals surface area contributed by atoms with E-state index < -0.39 is 11.5 Å². The Labute approximate surface area is 244 Å². The number of nitrogens with zero attached hydrogens (tertiary/aromatic N) is 1. The van der Waals surface area contributed by atoms with Crippen molar-refractivity contribution in [2.45, 2.75) is 84.8 Å². The molecule has 6 nitrogen and oxygen atoms in total. The zero-order valence-electron chi connectivity index (χ0n) is 22.3. The number of ketones is 1. The van der Waals surface area contributed by atoms with Crippen molar-refractivity contribution in [3.63, 3.8) is 0 Å². The number of unbranched alkanes of at least 4 members (excludes halogenated alkanes) is 1. The molecular formula is C26H45KN4O2. The van der Waals surface area contributed by atoms with E-state index in [0.717, 1.165) is 38.1 Å². The monoisotopic (exact) mass is 484 g/mol. The Morgan fingerprint density at radius 3 is 2.24 bits per heavy atom. The fourth-order valence-electron chi connectivity index (χ4n) is 3.50. The number of likely N-dealkylation sites (N-methyl/N-ethyl adjacent to an activating group) is 1. The standard InChI is InChI=1S/C26H45N4O2.K/c1-25(2,3)24(31)23(28)10-8-9-15-30(7)16-17-32-22-13-11-20(12-14-22)18-21(19-27)29-26(4,5)6;/h11-14,19,21,23,27-29H,8-10,15-18H2,1-7H3;/q-1;+1. The van der Waals surface area contributed by atoms with Crippen LogP contribution in [-0.4, -0.2) is 61.3 Å². The van der Waals surface area contributed by atoms with Crippen molar-refractivity contribution in [1.82, 2.24) is 10.2 Å². The molecule has 0 fully saturated rings. The average Bonchev–Trinajstić information content (AvgIpc) is 2.69. The van der Waals surface area contributed by atoms with Crippen LogP contribution in [0.25, 0.3) is 5.73 Å². The summed E-state index contributed by atoms with van der Waals surface area (Å²) in [5.74, 6) is 0.888. The van der Waals surface area contributed by atoms with Gasteiger partial charge in [0.05, 0.1) is 0 Å². The molecule has 1 aromatic carbocycles. The summed E-state index contributed by atoms with van der Waals surface area (Å²) in [5, 5.41) is 11.1. The Morgan fingerprint density at radius 2 is 1.73 bits per heavy atom. The Kier molecular flexibility index (Phi) is 15.7. The molecule has 2 unspecified atom stereocenters. The molecule has 2 atom stereocenters. The second-order valence-electron chi connectivity index (χ2n) is 10.8. The molecule has 1 rings (SSSR count). The van der Waals surface area contributed by atoms with Gasteiger partial charge in [0.1, 0.15) is 18.1 Å². The molecule has 0 radical (unpaired) electrons. The van der Waals surface area contributed by atoms with Gasteiger partial charge in [-0.3, -0.25) is 0 Å². The van der Waals surface area contributed by atoms with Gasteiger partial charge in [0, 0.05) is 29.8 Å². The number of Topliss-reactive ketones (excluding diaryl/α,β-unsaturated/α-hetero) is 1. The van der Waals surface area contributed by atoms with Crippen molar-refractivity contribution in [3.05, 3.63) is 35.6 Å². The van der Waals surface area contributed by atoms with E-state index in [0.29, 0.717) is 13.0 Å². The second kappa shape index (κ2) is 15.8. The van der Waals surface area contributed by atoms with E-state index in [4.69, 9.17) is 15.9 Å². The normalized spacial score (nSPS) is 13.8. The Morgan fingerprint density at radius 1 is 1.12 bits per heavy atom. The van der Waals surface area contributed by atoms with Crippen LogP contribution in [0.4, 0.5) is 0 Å². The van der Waals surface area contributed by atoms with Crippen molar-refractivity contribution in [3.8, 4) is 5.75 Å². The van der Waals surface area contributed by atoms with Gasteiger partial charge < -0.3 is 30.9 Å². The third-order valence-electron chi connectivity index (χ3n) is 5.28. The quantitative estimate of drug-likeness (QED) is 0.241. The van der Waals surface area contributed by atoms with Gasteiger partial charge in [0.15, 0.2) is 0 Å². The molecule has 0 saturated heterocycles. The van der Waals surface area contributed by atoms with Gasteiger partial charge in [0.25, 0.3) is 0 Å². The molecule has 0 saturated carbocycles. The van der Waals surface area contributed by atoms with Crippen LogP contribution in [0, 0.1) is 10.8 Å². The van der Waals surface area contributed by atoms with Crippen LogP contribution in [0.1, 0.15) is 66.4 Å². The van der Waals surface area contributed by atoms with Crippen molar-refractivity contribution >= 4 is 12.0 Å². The van der Waals surface area contributed by atoms with Crippen LogP contribution in [-0.2, 0) is 11.2 Å². The Hall–Kier alpha value is -0.124. The molecule has 7 heteroatoms.